The molecule has 0 aromatic carbocycles. The highest BCUT2D eigenvalue weighted by Crippen LogP contribution is 2.08. The quantitative estimate of drug-likeness (QED) is 0.323. The van der Waals surface area contributed by atoms with E-state index in [1.165, 1.54) is 0 Å². The average Bonchev–Trinajstić information content (AvgIpc) is 1.88. The molecule has 0 radical (unpaired) electrons. The van der Waals surface area contributed by atoms with Crippen molar-refractivity contribution < 1.29 is 0 Å². The van der Waals surface area contributed by atoms with Gasteiger partial charge in [0.1, 0.15) is 0 Å². The van der Waals surface area contributed by atoms with Gasteiger partial charge in [-0.25, -0.2) is 0 Å². The number of nitrogens with one attached hydrogen (secondary N) is 1. The lowest BCUT2D eigenvalue weighted by Gasteiger charge is -2.24. The first kappa shape index (κ1) is 7.37. The first-order valence-electron chi connectivity index (χ1n) is 3.36. The van der Waals surface area contributed by atoms with Crippen LogP contribution in [-0.2, 0) is 0 Å². The van der Waals surface area contributed by atoms with Gasteiger partial charge in [-0.05, 0) is 7.05 Å². The highest BCUT2D eigenvalue weighted by molar-refractivity contribution is 5.13. The second-order valence-electron chi connectivity index (χ2n) is 2.64. The van der Waals surface area contributed by atoms with E-state index >= 15 is 0 Å². The Morgan fingerprint density at radius 2 is 2.30 bits per heavy atom. The van der Waals surface area contributed by atoms with E-state index in [2.05, 4.69) is 10.3 Å². The van der Waals surface area contributed by atoms with E-state index in [4.69, 9.17) is 11.6 Å². The van der Waals surface area contributed by atoms with Crippen LogP contribution in [0, 0.1) is 0 Å². The largest absolute Gasteiger partial charge is 0.400 e. The fourth-order valence-corrected chi connectivity index (χ4v) is 1.09. The number of hydrazine groups is 1. The van der Waals surface area contributed by atoms with Crippen molar-refractivity contribution in [3.05, 3.63) is 11.4 Å². The second kappa shape index (κ2) is 2.90. The molecule has 4 nitrogen and oxygen atoms in total. The number of likely N-dealkylation sites (N-methyl/N-ethyl adjacent to an activating group) is 1. The fraction of sp³-hybridized carbons (Fsp3) is 0.667. The minimum Gasteiger partial charge on any atom is -0.400 e. The van der Waals surface area contributed by atoms with Crippen LogP contribution in [0.4, 0.5) is 0 Å². The van der Waals surface area contributed by atoms with E-state index in [0.29, 0.717) is 0 Å². The standard InChI is InChI=1S/C6H14N4/c1-10-3-2-6(9-8)5(7)4-10/h9H,2-4,7-8H2,1H3. The molecule has 58 valence electrons. The Bertz CT molecular complexity index is 152. The van der Waals surface area contributed by atoms with Crippen LogP contribution in [0.25, 0.3) is 0 Å². The maximum absolute atomic E-state index is 5.68. The second-order valence-corrected chi connectivity index (χ2v) is 2.64. The molecule has 0 aromatic rings. The summed E-state index contributed by atoms with van der Waals surface area (Å²) >= 11 is 0. The zero-order valence-corrected chi connectivity index (χ0v) is 6.22. The Labute approximate surface area is 60.8 Å². The number of nitrogens with zero attached hydrogens (tertiary/aromatic N) is 1. The molecular formula is C6H14N4. The predicted molar refractivity (Wildman–Crippen MR) is 40.7 cm³/mol. The summed E-state index contributed by atoms with van der Waals surface area (Å²) in [6.07, 6.45) is 0.929. The molecule has 0 aromatic heterocycles. The van der Waals surface area contributed by atoms with Gasteiger partial charge in [-0.2, -0.15) is 0 Å². The molecule has 1 aliphatic rings. The van der Waals surface area contributed by atoms with Gasteiger partial charge in [0.15, 0.2) is 0 Å². The van der Waals surface area contributed by atoms with E-state index in [9.17, 15) is 0 Å². The van der Waals surface area contributed by atoms with Gasteiger partial charge in [-0.3, -0.25) is 5.84 Å². The topological polar surface area (TPSA) is 67.3 Å². The summed E-state index contributed by atoms with van der Waals surface area (Å²) in [5.74, 6) is 5.23. The molecule has 10 heavy (non-hydrogen) atoms. The normalized spacial score (nSPS) is 21.4. The lowest BCUT2D eigenvalue weighted by molar-refractivity contribution is 0.340. The fourth-order valence-electron chi connectivity index (χ4n) is 1.09. The molecule has 0 atom stereocenters. The number of hydrogen-bond donors (Lipinski definition) is 3. The first-order chi connectivity index (χ1) is 4.74. The molecule has 0 amide bonds. The monoisotopic (exact) mass is 142 g/mol. The third-order valence-corrected chi connectivity index (χ3v) is 1.75. The van der Waals surface area contributed by atoms with Crippen LogP contribution in [-0.4, -0.2) is 25.0 Å². The van der Waals surface area contributed by atoms with Crippen LogP contribution in [0.15, 0.2) is 11.4 Å². The van der Waals surface area contributed by atoms with Gasteiger partial charge >= 0.3 is 0 Å². The van der Waals surface area contributed by atoms with Crippen molar-refractivity contribution in [3.63, 3.8) is 0 Å². The van der Waals surface area contributed by atoms with E-state index in [1.807, 2.05) is 7.05 Å². The van der Waals surface area contributed by atoms with Crippen LogP contribution in [0.5, 0.6) is 0 Å². The van der Waals surface area contributed by atoms with Crippen molar-refractivity contribution in [1.82, 2.24) is 10.3 Å². The molecule has 1 rings (SSSR count). The highest BCUT2D eigenvalue weighted by atomic mass is 15.2. The maximum atomic E-state index is 5.68. The third-order valence-electron chi connectivity index (χ3n) is 1.75. The average molecular weight is 142 g/mol. The Morgan fingerprint density at radius 1 is 1.60 bits per heavy atom. The Balaban J connectivity index is 2.61. The number of nitrogens with two attached hydrogens (primary N) is 2. The van der Waals surface area contributed by atoms with Crippen molar-refractivity contribution in [2.24, 2.45) is 11.6 Å². The Hall–Kier alpha value is -0.740. The van der Waals surface area contributed by atoms with E-state index in [-0.39, 0.29) is 0 Å². The Kier molecular flexibility index (Phi) is 2.13. The molecule has 0 saturated carbocycles. The van der Waals surface area contributed by atoms with E-state index in [1.54, 1.807) is 0 Å². The molecule has 0 spiro atoms. The number of hydrogen-bond acceptors (Lipinski definition) is 4. The number of rotatable bonds is 1. The summed E-state index contributed by atoms with van der Waals surface area (Å²) in [6, 6.07) is 0. The van der Waals surface area contributed by atoms with Crippen LogP contribution in [0.2, 0.25) is 0 Å². The van der Waals surface area contributed by atoms with Gasteiger partial charge in [0.2, 0.25) is 0 Å². The van der Waals surface area contributed by atoms with E-state index in [0.717, 1.165) is 30.9 Å². The zero-order valence-electron chi connectivity index (χ0n) is 6.22. The van der Waals surface area contributed by atoms with Crippen molar-refractivity contribution in [1.29, 1.82) is 0 Å². The molecule has 0 unspecified atom stereocenters. The van der Waals surface area contributed by atoms with Crippen molar-refractivity contribution in [2.75, 3.05) is 20.1 Å². The summed E-state index contributed by atoms with van der Waals surface area (Å²) in [5, 5.41) is 0. The molecule has 0 fully saturated rings. The minimum atomic E-state index is 0.819. The van der Waals surface area contributed by atoms with Crippen LogP contribution < -0.4 is 17.0 Å². The SMILES string of the molecule is CN1CCC(NN)=C(N)C1. The van der Waals surface area contributed by atoms with Gasteiger partial charge in [-0.1, -0.05) is 0 Å². The Morgan fingerprint density at radius 3 is 2.80 bits per heavy atom. The van der Waals surface area contributed by atoms with Gasteiger partial charge in [-0.15, -0.1) is 0 Å². The smallest absolute Gasteiger partial charge is 0.0472 e. The summed E-state index contributed by atoms with van der Waals surface area (Å²) in [4.78, 5) is 2.16. The summed E-state index contributed by atoms with van der Waals surface area (Å²) < 4.78 is 0. The molecule has 0 saturated heterocycles. The van der Waals surface area contributed by atoms with Gasteiger partial charge in [0.25, 0.3) is 0 Å². The van der Waals surface area contributed by atoms with Crippen molar-refractivity contribution >= 4 is 0 Å². The molecule has 0 bridgehead atoms. The molecule has 1 heterocycles. The zero-order chi connectivity index (χ0) is 7.56. The van der Waals surface area contributed by atoms with Crippen molar-refractivity contribution in [3.8, 4) is 0 Å². The third kappa shape index (κ3) is 1.40. The lowest BCUT2D eigenvalue weighted by atomic mass is 10.2. The molecular weight excluding hydrogens is 128 g/mol. The van der Waals surface area contributed by atoms with Crippen molar-refractivity contribution in [2.45, 2.75) is 6.42 Å². The maximum Gasteiger partial charge on any atom is 0.0472 e. The highest BCUT2D eigenvalue weighted by Gasteiger charge is 2.11. The van der Waals surface area contributed by atoms with Crippen LogP contribution in [0.3, 0.4) is 0 Å². The molecule has 4 heteroatoms. The summed E-state index contributed by atoms with van der Waals surface area (Å²) in [7, 11) is 2.04. The van der Waals surface area contributed by atoms with E-state index < -0.39 is 0 Å². The summed E-state index contributed by atoms with van der Waals surface area (Å²) in [6.45, 7) is 1.85. The minimum absolute atomic E-state index is 0.819. The molecule has 1 aliphatic heterocycles. The van der Waals surface area contributed by atoms with Gasteiger partial charge in [0.05, 0.1) is 0 Å². The van der Waals surface area contributed by atoms with Gasteiger partial charge in [0, 0.05) is 30.9 Å². The van der Waals surface area contributed by atoms with Crippen LogP contribution >= 0.6 is 0 Å². The lowest BCUT2D eigenvalue weighted by Crippen LogP contribution is -2.37. The van der Waals surface area contributed by atoms with Crippen LogP contribution in [0.1, 0.15) is 6.42 Å². The predicted octanol–water partition coefficient (Wildman–Crippen LogP) is -1.04. The first-order valence-corrected chi connectivity index (χ1v) is 3.36. The molecule has 0 aliphatic carbocycles. The molecule has 5 N–H and O–H groups in total. The summed E-state index contributed by atoms with van der Waals surface area (Å²) in [5.41, 5.74) is 10.1. The van der Waals surface area contributed by atoms with Gasteiger partial charge < -0.3 is 16.1 Å².